The smallest absolute Gasteiger partial charge is 0.274 e. The zero-order valence-electron chi connectivity index (χ0n) is 13.0. The molecule has 26 heavy (non-hydrogen) atoms. The summed E-state index contributed by atoms with van der Waals surface area (Å²) in [6.07, 6.45) is 4.42. The fourth-order valence-corrected chi connectivity index (χ4v) is 3.01. The number of hydrogen-bond donors (Lipinski definition) is 2. The number of carbonyl (C=O) groups is 2. The van der Waals surface area contributed by atoms with Gasteiger partial charge in [0.1, 0.15) is 11.5 Å². The van der Waals surface area contributed by atoms with E-state index in [-0.39, 0.29) is 16.3 Å². The van der Waals surface area contributed by atoms with E-state index >= 15 is 0 Å². The molecule has 0 bridgehead atoms. The highest BCUT2D eigenvalue weighted by Gasteiger charge is 2.18. The first kappa shape index (κ1) is 18.2. The fraction of sp³-hybridized carbons (Fsp3) is 0. The summed E-state index contributed by atoms with van der Waals surface area (Å²) in [5.41, 5.74) is 0.162. The average Bonchev–Trinajstić information content (AvgIpc) is 3.27. The Hall–Kier alpha value is -2.61. The van der Waals surface area contributed by atoms with Crippen molar-refractivity contribution in [2.45, 2.75) is 0 Å². The highest BCUT2D eigenvalue weighted by atomic mass is 35.5. The van der Waals surface area contributed by atoms with Crippen molar-refractivity contribution in [3.8, 4) is 0 Å². The zero-order valence-corrected chi connectivity index (χ0v) is 15.4. The Labute approximate surface area is 162 Å². The van der Waals surface area contributed by atoms with Gasteiger partial charge in [-0.1, -0.05) is 23.2 Å². The van der Waals surface area contributed by atoms with Crippen LogP contribution in [0.2, 0.25) is 10.0 Å². The predicted molar refractivity (Wildman–Crippen MR) is 101 cm³/mol. The highest BCUT2D eigenvalue weighted by Crippen LogP contribution is 2.21. The van der Waals surface area contributed by atoms with Crippen molar-refractivity contribution < 1.29 is 14.0 Å². The lowest BCUT2D eigenvalue weighted by Crippen LogP contribution is -2.30. The first-order valence-corrected chi connectivity index (χ1v) is 8.89. The molecule has 0 radical (unpaired) electrons. The molecule has 0 fully saturated rings. The van der Waals surface area contributed by atoms with E-state index in [0.29, 0.717) is 15.9 Å². The van der Waals surface area contributed by atoms with Crippen molar-refractivity contribution in [3.63, 3.8) is 0 Å². The maximum absolute atomic E-state index is 12.5. The minimum absolute atomic E-state index is 0.0221. The Morgan fingerprint density at radius 2 is 2.08 bits per heavy atom. The molecule has 0 aliphatic rings. The van der Waals surface area contributed by atoms with Crippen LogP contribution in [-0.2, 0) is 4.79 Å². The van der Waals surface area contributed by atoms with Crippen LogP contribution >= 0.6 is 34.5 Å². The van der Waals surface area contributed by atoms with Crippen molar-refractivity contribution in [1.82, 2.24) is 10.3 Å². The number of hydrogen-bond acceptors (Lipinski definition) is 5. The van der Waals surface area contributed by atoms with Crippen molar-refractivity contribution in [2.24, 2.45) is 0 Å². The van der Waals surface area contributed by atoms with Gasteiger partial charge in [-0.25, -0.2) is 4.98 Å². The van der Waals surface area contributed by atoms with Gasteiger partial charge in [-0.05, 0) is 30.3 Å². The molecule has 2 amide bonds. The summed E-state index contributed by atoms with van der Waals surface area (Å²) in [5.74, 6) is -0.703. The van der Waals surface area contributed by atoms with Crippen molar-refractivity contribution in [3.05, 3.63) is 75.2 Å². The Bertz CT molecular complexity index is 954. The average molecular weight is 408 g/mol. The Morgan fingerprint density at radius 3 is 2.73 bits per heavy atom. The van der Waals surface area contributed by atoms with Crippen LogP contribution in [0.1, 0.15) is 16.1 Å². The minimum Gasteiger partial charge on any atom is -0.465 e. The first-order valence-electron chi connectivity index (χ1n) is 7.25. The van der Waals surface area contributed by atoms with Crippen LogP contribution in [0, 0.1) is 0 Å². The molecular formula is C17H11Cl2N3O3S. The molecule has 132 valence electrons. The summed E-state index contributed by atoms with van der Waals surface area (Å²) in [5, 5.41) is 7.85. The normalized spacial score (nSPS) is 11.2. The summed E-state index contributed by atoms with van der Waals surface area (Å²) in [6, 6.07) is 7.78. The third-order valence-electron chi connectivity index (χ3n) is 3.15. The van der Waals surface area contributed by atoms with Crippen LogP contribution in [-0.4, -0.2) is 16.8 Å². The van der Waals surface area contributed by atoms with Gasteiger partial charge < -0.3 is 9.73 Å². The lowest BCUT2D eigenvalue weighted by molar-refractivity contribution is -0.113. The summed E-state index contributed by atoms with van der Waals surface area (Å²) in [4.78, 5) is 29.0. The van der Waals surface area contributed by atoms with Crippen LogP contribution in [0.25, 0.3) is 6.08 Å². The topological polar surface area (TPSA) is 84.2 Å². The van der Waals surface area contributed by atoms with Gasteiger partial charge in [0, 0.05) is 22.7 Å². The third kappa shape index (κ3) is 4.51. The number of rotatable bonds is 5. The molecule has 3 aromatic rings. The molecule has 0 aliphatic carbocycles. The van der Waals surface area contributed by atoms with Crippen molar-refractivity contribution in [1.29, 1.82) is 0 Å². The van der Waals surface area contributed by atoms with Gasteiger partial charge in [0.05, 0.1) is 16.8 Å². The lowest BCUT2D eigenvalue weighted by atomic mass is 10.2. The van der Waals surface area contributed by atoms with Crippen LogP contribution in [0.4, 0.5) is 5.13 Å². The highest BCUT2D eigenvalue weighted by molar-refractivity contribution is 7.13. The van der Waals surface area contributed by atoms with E-state index in [1.807, 2.05) is 0 Å². The number of aromatic nitrogens is 1. The summed E-state index contributed by atoms with van der Waals surface area (Å²) >= 11 is 13.1. The van der Waals surface area contributed by atoms with Crippen LogP contribution < -0.4 is 10.6 Å². The van der Waals surface area contributed by atoms with E-state index in [1.54, 1.807) is 23.7 Å². The fourth-order valence-electron chi connectivity index (χ4n) is 1.99. The number of thiazole rings is 1. The number of furan rings is 1. The third-order valence-corrected chi connectivity index (χ3v) is 4.39. The summed E-state index contributed by atoms with van der Waals surface area (Å²) in [7, 11) is 0. The molecule has 2 heterocycles. The number of anilines is 1. The molecule has 0 aliphatic heterocycles. The molecule has 9 heteroatoms. The largest absolute Gasteiger partial charge is 0.465 e. The number of benzene rings is 1. The van der Waals surface area contributed by atoms with Crippen LogP contribution in [0.15, 0.2) is 58.3 Å². The van der Waals surface area contributed by atoms with Gasteiger partial charge in [0.2, 0.25) is 0 Å². The van der Waals surface area contributed by atoms with E-state index in [9.17, 15) is 9.59 Å². The quantitative estimate of drug-likeness (QED) is 0.611. The molecular weight excluding hydrogens is 397 g/mol. The van der Waals surface area contributed by atoms with Gasteiger partial charge in [0.25, 0.3) is 11.8 Å². The molecule has 1 aromatic carbocycles. The number of nitrogens with one attached hydrogen (secondary N) is 2. The summed E-state index contributed by atoms with van der Waals surface area (Å²) < 4.78 is 5.21. The Balaban J connectivity index is 1.85. The summed E-state index contributed by atoms with van der Waals surface area (Å²) in [6.45, 7) is 0. The molecule has 0 atom stereocenters. The zero-order chi connectivity index (χ0) is 18.5. The lowest BCUT2D eigenvalue weighted by Gasteiger charge is -2.10. The molecule has 3 rings (SSSR count). The molecule has 2 aromatic heterocycles. The molecule has 0 spiro atoms. The van der Waals surface area contributed by atoms with Gasteiger partial charge in [0.15, 0.2) is 5.13 Å². The van der Waals surface area contributed by atoms with Gasteiger partial charge in [-0.15, -0.1) is 11.3 Å². The molecule has 2 N–H and O–H groups in total. The maximum Gasteiger partial charge on any atom is 0.274 e. The maximum atomic E-state index is 12.5. The number of amides is 2. The van der Waals surface area contributed by atoms with Crippen molar-refractivity contribution in [2.75, 3.05) is 5.32 Å². The van der Waals surface area contributed by atoms with E-state index in [2.05, 4.69) is 15.6 Å². The molecule has 0 saturated heterocycles. The SMILES string of the molecule is O=C(Nc1nccs1)/C(=C/c1ccco1)NC(=O)c1ccc(Cl)cc1Cl. The van der Waals surface area contributed by atoms with Gasteiger partial charge in [-0.3, -0.25) is 14.9 Å². The van der Waals surface area contributed by atoms with Crippen LogP contribution in [0.5, 0.6) is 0 Å². The monoisotopic (exact) mass is 407 g/mol. The molecule has 0 saturated carbocycles. The minimum atomic E-state index is -0.557. The second-order valence-corrected chi connectivity index (χ2v) is 6.68. The number of halogens is 2. The first-order chi connectivity index (χ1) is 12.5. The Morgan fingerprint density at radius 1 is 1.23 bits per heavy atom. The Kier molecular flexibility index (Phi) is 5.72. The van der Waals surface area contributed by atoms with Gasteiger partial charge >= 0.3 is 0 Å². The standard InChI is InChI=1S/C17H11Cl2N3O3S/c18-10-3-4-12(13(19)8-10)15(23)21-14(9-11-2-1-6-25-11)16(24)22-17-20-5-7-26-17/h1-9H,(H,21,23)(H,20,22,24)/b14-9-. The van der Waals surface area contributed by atoms with E-state index < -0.39 is 11.8 Å². The van der Waals surface area contributed by atoms with Crippen LogP contribution in [0.3, 0.4) is 0 Å². The van der Waals surface area contributed by atoms with Crippen molar-refractivity contribution >= 4 is 57.6 Å². The number of nitrogens with zero attached hydrogens (tertiary/aromatic N) is 1. The second-order valence-electron chi connectivity index (χ2n) is 4.94. The second kappa shape index (κ2) is 8.18. The molecule has 6 nitrogen and oxygen atoms in total. The molecule has 0 unspecified atom stereocenters. The number of carbonyl (C=O) groups excluding carboxylic acids is 2. The van der Waals surface area contributed by atoms with Gasteiger partial charge in [-0.2, -0.15) is 0 Å². The van der Waals surface area contributed by atoms with E-state index in [4.69, 9.17) is 27.6 Å². The van der Waals surface area contributed by atoms with E-state index in [1.165, 1.54) is 41.9 Å². The predicted octanol–water partition coefficient (Wildman–Crippen LogP) is 4.45. The van der Waals surface area contributed by atoms with E-state index in [0.717, 1.165) is 0 Å².